The fourth-order valence-electron chi connectivity index (χ4n) is 2.49. The van der Waals surface area contributed by atoms with Crippen LogP contribution in [0.5, 0.6) is 0 Å². The zero-order valence-corrected chi connectivity index (χ0v) is 12.7. The number of anilines is 1. The number of hydrogen-bond donors (Lipinski definition) is 0. The molecule has 1 aliphatic heterocycles. The second kappa shape index (κ2) is 7.22. The Morgan fingerprint density at radius 1 is 1.24 bits per heavy atom. The molecule has 2 rings (SSSR count). The van der Waals surface area contributed by atoms with Gasteiger partial charge in [0.25, 0.3) is 0 Å². The molecule has 0 aromatic heterocycles. The normalized spacial score (nSPS) is 14.9. The molecule has 0 radical (unpaired) electrons. The van der Waals surface area contributed by atoms with Gasteiger partial charge in [0, 0.05) is 38.7 Å². The van der Waals surface area contributed by atoms with E-state index in [2.05, 4.69) is 0 Å². The summed E-state index contributed by atoms with van der Waals surface area (Å²) in [6.45, 7) is 6.39. The Labute approximate surface area is 125 Å². The van der Waals surface area contributed by atoms with Gasteiger partial charge in [-0.25, -0.2) is 0 Å². The molecular weight excluding hydrogens is 268 g/mol. The van der Waals surface area contributed by atoms with Gasteiger partial charge in [0.15, 0.2) is 0 Å². The minimum absolute atomic E-state index is 0.0425. The Balaban J connectivity index is 1.99. The van der Waals surface area contributed by atoms with Gasteiger partial charge in [-0.05, 0) is 18.6 Å². The Morgan fingerprint density at radius 2 is 1.90 bits per heavy atom. The molecule has 1 aromatic carbocycles. The van der Waals surface area contributed by atoms with Crippen LogP contribution in [0.3, 0.4) is 0 Å². The molecule has 0 bridgehead atoms. The number of carbonyl (C=O) groups is 2. The van der Waals surface area contributed by atoms with Gasteiger partial charge in [0.05, 0.1) is 13.2 Å². The van der Waals surface area contributed by atoms with E-state index in [1.807, 2.05) is 31.2 Å². The van der Waals surface area contributed by atoms with E-state index in [0.717, 1.165) is 11.3 Å². The highest BCUT2D eigenvalue weighted by atomic mass is 16.5. The first-order chi connectivity index (χ1) is 10.1. The van der Waals surface area contributed by atoms with Crippen molar-refractivity contribution < 1.29 is 14.3 Å². The van der Waals surface area contributed by atoms with Crippen LogP contribution in [0.2, 0.25) is 0 Å². The van der Waals surface area contributed by atoms with Gasteiger partial charge >= 0.3 is 0 Å². The second-order valence-electron chi connectivity index (χ2n) is 5.20. The number of morpholine rings is 1. The lowest BCUT2D eigenvalue weighted by atomic mass is 10.1. The molecule has 1 aromatic rings. The maximum absolute atomic E-state index is 12.2. The second-order valence-corrected chi connectivity index (χ2v) is 5.20. The van der Waals surface area contributed by atoms with Crippen molar-refractivity contribution in [1.29, 1.82) is 0 Å². The number of carbonyl (C=O) groups excluding carboxylic acids is 2. The molecule has 0 spiro atoms. The average molecular weight is 290 g/mol. The first kappa shape index (κ1) is 15.5. The minimum atomic E-state index is -0.0425. The van der Waals surface area contributed by atoms with Gasteiger partial charge in [-0.3, -0.25) is 9.59 Å². The highest BCUT2D eigenvalue weighted by Gasteiger charge is 2.19. The molecule has 1 fully saturated rings. The monoisotopic (exact) mass is 290 g/mol. The van der Waals surface area contributed by atoms with Gasteiger partial charge in [0.2, 0.25) is 11.8 Å². The maximum Gasteiger partial charge on any atom is 0.224 e. The number of rotatable bonds is 4. The van der Waals surface area contributed by atoms with Crippen LogP contribution in [0.4, 0.5) is 5.69 Å². The number of benzene rings is 1. The fourth-order valence-corrected chi connectivity index (χ4v) is 2.49. The molecular formula is C16H22N2O3. The molecule has 0 unspecified atom stereocenters. The predicted molar refractivity (Wildman–Crippen MR) is 81.2 cm³/mol. The van der Waals surface area contributed by atoms with Gasteiger partial charge in [-0.1, -0.05) is 18.2 Å². The Kier molecular flexibility index (Phi) is 5.33. The molecule has 0 aliphatic carbocycles. The topological polar surface area (TPSA) is 49.9 Å². The van der Waals surface area contributed by atoms with E-state index in [4.69, 9.17) is 4.74 Å². The summed E-state index contributed by atoms with van der Waals surface area (Å²) >= 11 is 0. The van der Waals surface area contributed by atoms with Crippen LogP contribution in [-0.2, 0) is 14.3 Å². The lowest BCUT2D eigenvalue weighted by Gasteiger charge is -2.28. The Morgan fingerprint density at radius 3 is 2.52 bits per heavy atom. The summed E-state index contributed by atoms with van der Waals surface area (Å²) in [6.07, 6.45) is 0.341. The molecule has 21 heavy (non-hydrogen) atoms. The number of ether oxygens (including phenoxy) is 1. The SMILES string of the molecule is CC(=O)N(CCC(=O)N1CCOCC1)c1ccccc1C. The van der Waals surface area contributed by atoms with E-state index in [9.17, 15) is 9.59 Å². The molecule has 0 saturated carbocycles. The fraction of sp³-hybridized carbons (Fsp3) is 0.500. The number of aryl methyl sites for hydroxylation is 1. The molecule has 2 amide bonds. The summed E-state index contributed by atoms with van der Waals surface area (Å²) in [5.74, 6) is 0.0391. The van der Waals surface area contributed by atoms with Crippen molar-refractivity contribution in [2.45, 2.75) is 20.3 Å². The molecule has 1 aliphatic rings. The van der Waals surface area contributed by atoms with E-state index in [0.29, 0.717) is 39.3 Å². The van der Waals surface area contributed by atoms with Crippen molar-refractivity contribution in [3.8, 4) is 0 Å². The molecule has 0 atom stereocenters. The lowest BCUT2D eigenvalue weighted by molar-refractivity contribution is -0.135. The van der Waals surface area contributed by atoms with E-state index in [1.54, 1.807) is 9.80 Å². The number of para-hydroxylation sites is 1. The van der Waals surface area contributed by atoms with Crippen LogP contribution in [0.25, 0.3) is 0 Å². The van der Waals surface area contributed by atoms with E-state index in [-0.39, 0.29) is 11.8 Å². The molecule has 0 N–H and O–H groups in total. The quantitative estimate of drug-likeness (QED) is 0.846. The summed E-state index contributed by atoms with van der Waals surface area (Å²) in [5, 5.41) is 0. The molecule has 114 valence electrons. The van der Waals surface area contributed by atoms with E-state index >= 15 is 0 Å². The van der Waals surface area contributed by atoms with Gasteiger partial charge < -0.3 is 14.5 Å². The highest BCUT2D eigenvalue weighted by molar-refractivity contribution is 5.93. The first-order valence-electron chi connectivity index (χ1n) is 7.29. The third kappa shape index (κ3) is 4.04. The molecule has 5 heteroatoms. The van der Waals surface area contributed by atoms with Gasteiger partial charge in [-0.15, -0.1) is 0 Å². The first-order valence-corrected chi connectivity index (χ1v) is 7.29. The zero-order chi connectivity index (χ0) is 15.2. The predicted octanol–water partition coefficient (Wildman–Crippen LogP) is 1.60. The number of nitrogens with zero attached hydrogens (tertiary/aromatic N) is 2. The van der Waals surface area contributed by atoms with Crippen LogP contribution in [0.1, 0.15) is 18.9 Å². The average Bonchev–Trinajstić information content (AvgIpc) is 2.49. The maximum atomic E-state index is 12.2. The zero-order valence-electron chi connectivity index (χ0n) is 12.7. The highest BCUT2D eigenvalue weighted by Crippen LogP contribution is 2.20. The minimum Gasteiger partial charge on any atom is -0.378 e. The van der Waals surface area contributed by atoms with Crippen molar-refractivity contribution in [3.05, 3.63) is 29.8 Å². The lowest BCUT2D eigenvalue weighted by Crippen LogP contribution is -2.42. The van der Waals surface area contributed by atoms with Gasteiger partial charge in [-0.2, -0.15) is 0 Å². The Bertz CT molecular complexity index is 510. The van der Waals surface area contributed by atoms with Crippen molar-refractivity contribution >= 4 is 17.5 Å². The summed E-state index contributed by atoms with van der Waals surface area (Å²) < 4.78 is 5.24. The van der Waals surface area contributed by atoms with E-state index < -0.39 is 0 Å². The van der Waals surface area contributed by atoms with E-state index in [1.165, 1.54) is 6.92 Å². The van der Waals surface area contributed by atoms with Crippen molar-refractivity contribution in [2.24, 2.45) is 0 Å². The summed E-state index contributed by atoms with van der Waals surface area (Å²) in [4.78, 5) is 27.5. The third-order valence-electron chi connectivity index (χ3n) is 3.70. The number of amides is 2. The van der Waals surface area contributed by atoms with Gasteiger partial charge in [0.1, 0.15) is 0 Å². The van der Waals surface area contributed by atoms with Crippen molar-refractivity contribution in [3.63, 3.8) is 0 Å². The summed E-state index contributed by atoms with van der Waals surface area (Å²) in [7, 11) is 0. The summed E-state index contributed by atoms with van der Waals surface area (Å²) in [5.41, 5.74) is 1.91. The van der Waals surface area contributed by atoms with Crippen LogP contribution in [0.15, 0.2) is 24.3 Å². The molecule has 5 nitrogen and oxygen atoms in total. The van der Waals surface area contributed by atoms with Crippen LogP contribution in [0, 0.1) is 6.92 Å². The summed E-state index contributed by atoms with van der Waals surface area (Å²) in [6, 6.07) is 7.73. The van der Waals surface area contributed by atoms with Crippen LogP contribution >= 0.6 is 0 Å². The van der Waals surface area contributed by atoms with Crippen LogP contribution in [-0.4, -0.2) is 49.6 Å². The standard InChI is InChI=1S/C16H22N2O3/c1-13-5-3-4-6-15(13)18(14(2)19)8-7-16(20)17-9-11-21-12-10-17/h3-6H,7-12H2,1-2H3. The molecule has 1 saturated heterocycles. The van der Waals surface area contributed by atoms with Crippen molar-refractivity contribution in [2.75, 3.05) is 37.7 Å². The Hall–Kier alpha value is -1.88. The van der Waals surface area contributed by atoms with Crippen LogP contribution < -0.4 is 4.90 Å². The number of hydrogen-bond acceptors (Lipinski definition) is 3. The van der Waals surface area contributed by atoms with Crippen molar-refractivity contribution in [1.82, 2.24) is 4.90 Å². The molecule has 1 heterocycles. The largest absolute Gasteiger partial charge is 0.378 e. The smallest absolute Gasteiger partial charge is 0.224 e. The third-order valence-corrected chi connectivity index (χ3v) is 3.70.